The fourth-order valence-electron chi connectivity index (χ4n) is 3.25. The van der Waals surface area contributed by atoms with Crippen molar-refractivity contribution in [3.8, 4) is 5.88 Å². The minimum Gasteiger partial charge on any atom is -0.478 e. The molecule has 1 saturated heterocycles. The molecule has 2 N–H and O–H groups in total. The summed E-state index contributed by atoms with van der Waals surface area (Å²) in [4.78, 5) is 21.7. The lowest BCUT2D eigenvalue weighted by Gasteiger charge is -2.26. The maximum absolute atomic E-state index is 9.55. The fourth-order valence-corrected chi connectivity index (χ4v) is 3.25. The van der Waals surface area contributed by atoms with Gasteiger partial charge in [-0.15, -0.1) is 5.10 Å². The van der Waals surface area contributed by atoms with Crippen molar-refractivity contribution in [2.45, 2.75) is 51.5 Å². The second-order valence-corrected chi connectivity index (χ2v) is 6.77. The number of aliphatic carboxylic acids is 2. The Morgan fingerprint density at radius 3 is 2.33 bits per heavy atom. The van der Waals surface area contributed by atoms with Crippen molar-refractivity contribution in [1.29, 1.82) is 0 Å². The summed E-state index contributed by atoms with van der Waals surface area (Å²) < 4.78 is 7.91. The van der Waals surface area contributed by atoms with Crippen LogP contribution in [0.3, 0.4) is 0 Å². The van der Waals surface area contributed by atoms with Crippen molar-refractivity contribution in [3.63, 3.8) is 0 Å². The van der Waals surface area contributed by atoms with Crippen molar-refractivity contribution in [1.82, 2.24) is 14.7 Å². The molecule has 0 amide bonds. The molecular weight excluding hydrogens is 350 g/mol. The number of carboxylic acids is 2. The molecule has 2 aliphatic heterocycles. The van der Waals surface area contributed by atoms with E-state index < -0.39 is 11.9 Å². The van der Waals surface area contributed by atoms with Gasteiger partial charge < -0.3 is 19.8 Å². The van der Waals surface area contributed by atoms with Gasteiger partial charge in [-0.05, 0) is 51.6 Å². The van der Waals surface area contributed by atoms with Gasteiger partial charge in [0.05, 0.1) is 6.61 Å². The second-order valence-electron chi connectivity index (χ2n) is 6.77. The van der Waals surface area contributed by atoms with Crippen LogP contribution in [0.2, 0.25) is 0 Å². The number of carbonyl (C=O) groups is 2. The first-order chi connectivity index (χ1) is 13.0. The van der Waals surface area contributed by atoms with Crippen molar-refractivity contribution in [2.24, 2.45) is 0 Å². The zero-order valence-electron chi connectivity index (χ0n) is 15.7. The van der Waals surface area contributed by atoms with Gasteiger partial charge in [-0.3, -0.25) is 4.68 Å². The summed E-state index contributed by atoms with van der Waals surface area (Å²) in [5.41, 5.74) is 1.34. The number of aryl methyl sites for hydroxylation is 2. The van der Waals surface area contributed by atoms with Crippen LogP contribution < -0.4 is 4.74 Å². The normalized spacial score (nSPS) is 17.0. The van der Waals surface area contributed by atoms with E-state index in [0.717, 1.165) is 31.9 Å². The number of hydrogen-bond donors (Lipinski definition) is 2. The summed E-state index contributed by atoms with van der Waals surface area (Å²) in [7, 11) is 0. The first kappa shape index (κ1) is 21.0. The minimum absolute atomic E-state index is 0.558. The number of ether oxygens (including phenoxy) is 1. The van der Waals surface area contributed by atoms with Crippen LogP contribution in [-0.4, -0.2) is 63.1 Å². The van der Waals surface area contributed by atoms with Crippen LogP contribution >= 0.6 is 0 Å². The number of likely N-dealkylation sites (tertiary alicyclic amines) is 1. The molecule has 1 fully saturated rings. The van der Waals surface area contributed by atoms with E-state index in [-0.39, 0.29) is 0 Å². The molecule has 2 aliphatic rings. The molecule has 0 bridgehead atoms. The van der Waals surface area contributed by atoms with E-state index in [4.69, 9.17) is 14.9 Å². The van der Waals surface area contributed by atoms with E-state index in [1.807, 2.05) is 0 Å². The third-order valence-corrected chi connectivity index (χ3v) is 4.58. The molecule has 3 heterocycles. The average molecular weight is 379 g/mol. The van der Waals surface area contributed by atoms with Gasteiger partial charge in [0, 0.05) is 37.0 Å². The van der Waals surface area contributed by atoms with Crippen LogP contribution in [0.25, 0.3) is 0 Å². The van der Waals surface area contributed by atoms with Crippen molar-refractivity contribution in [3.05, 3.63) is 23.9 Å². The predicted molar refractivity (Wildman–Crippen MR) is 100.0 cm³/mol. The summed E-state index contributed by atoms with van der Waals surface area (Å²) in [5, 5.41) is 20.1. The van der Waals surface area contributed by atoms with Crippen molar-refractivity contribution in [2.75, 3.05) is 26.2 Å². The molecule has 0 aromatic carbocycles. The smallest absolute Gasteiger partial charge is 0.328 e. The van der Waals surface area contributed by atoms with Gasteiger partial charge in [0.2, 0.25) is 5.88 Å². The number of nitrogens with zero attached hydrogens (tertiary/aromatic N) is 3. The number of rotatable bonds is 7. The van der Waals surface area contributed by atoms with E-state index in [2.05, 4.69) is 20.7 Å². The van der Waals surface area contributed by atoms with Gasteiger partial charge in [0.25, 0.3) is 0 Å². The summed E-state index contributed by atoms with van der Waals surface area (Å²) in [5.74, 6) is -1.68. The summed E-state index contributed by atoms with van der Waals surface area (Å²) >= 11 is 0. The summed E-state index contributed by atoms with van der Waals surface area (Å²) in [6.45, 7) is 5.59. The van der Waals surface area contributed by atoms with Gasteiger partial charge in [-0.1, -0.05) is 6.42 Å². The van der Waals surface area contributed by atoms with Crippen molar-refractivity contribution >= 4 is 11.9 Å². The highest BCUT2D eigenvalue weighted by molar-refractivity contribution is 5.89. The van der Waals surface area contributed by atoms with E-state index in [1.165, 1.54) is 57.4 Å². The Kier molecular flexibility index (Phi) is 8.83. The largest absolute Gasteiger partial charge is 0.478 e. The summed E-state index contributed by atoms with van der Waals surface area (Å²) in [6.07, 6.45) is 10.1. The Labute approximate surface area is 159 Å². The number of hydrogen-bond acceptors (Lipinski definition) is 5. The van der Waals surface area contributed by atoms with E-state index >= 15 is 0 Å². The molecule has 1 aromatic rings. The maximum Gasteiger partial charge on any atom is 0.328 e. The van der Waals surface area contributed by atoms with Crippen LogP contribution in [0, 0.1) is 0 Å². The molecule has 0 saturated carbocycles. The molecule has 0 spiro atoms. The molecule has 8 nitrogen and oxygen atoms in total. The molecule has 0 radical (unpaired) electrons. The molecule has 3 rings (SSSR count). The number of piperidine rings is 1. The van der Waals surface area contributed by atoms with Gasteiger partial charge in [0.1, 0.15) is 0 Å². The highest BCUT2D eigenvalue weighted by atomic mass is 16.5. The zero-order chi connectivity index (χ0) is 19.5. The average Bonchev–Trinajstić information content (AvgIpc) is 3.08. The van der Waals surface area contributed by atoms with Crippen LogP contribution in [0.4, 0.5) is 0 Å². The molecular formula is C19H29N3O5. The van der Waals surface area contributed by atoms with E-state index in [1.54, 1.807) is 0 Å². The lowest BCUT2D eigenvalue weighted by atomic mass is 10.1. The molecule has 0 unspecified atom stereocenters. The number of carboxylic acid groups (broad SMARTS) is 2. The van der Waals surface area contributed by atoms with Crippen LogP contribution in [0.1, 0.15) is 44.2 Å². The Balaban J connectivity index is 0.000000279. The Hall–Kier alpha value is -2.35. The molecule has 27 heavy (non-hydrogen) atoms. The number of fused-ring (bicyclic) bond motifs is 1. The first-order valence-electron chi connectivity index (χ1n) is 9.60. The van der Waals surface area contributed by atoms with Gasteiger partial charge in [-0.25, -0.2) is 9.59 Å². The Morgan fingerprint density at radius 2 is 1.70 bits per heavy atom. The first-order valence-corrected chi connectivity index (χ1v) is 9.60. The van der Waals surface area contributed by atoms with Gasteiger partial charge in [0.15, 0.2) is 0 Å². The van der Waals surface area contributed by atoms with Crippen LogP contribution in [-0.2, 0) is 22.6 Å². The highest BCUT2D eigenvalue weighted by Crippen LogP contribution is 2.19. The van der Waals surface area contributed by atoms with Crippen molar-refractivity contribution < 1.29 is 24.5 Å². The lowest BCUT2D eigenvalue weighted by molar-refractivity contribution is -0.134. The SMILES string of the molecule is O=C(O)C=CC(=O)O.c1c(OCCCN2CCCCC2)nn2c1CCCC2. The molecule has 1 aromatic heterocycles. The maximum atomic E-state index is 9.55. The van der Waals surface area contributed by atoms with E-state index in [9.17, 15) is 9.59 Å². The Bertz CT molecular complexity index is 596. The Morgan fingerprint density at radius 1 is 1.04 bits per heavy atom. The standard InChI is InChI=1S/C15H25N3O.C4H4O4/c1-3-8-17(9-4-1)10-6-12-19-15-13-14-7-2-5-11-18(14)16-15;5-3(6)1-2-4(7)8/h13H,1-12H2;1-2H,(H,5,6)(H,7,8). The summed E-state index contributed by atoms with van der Waals surface area (Å²) in [6, 6.07) is 2.13. The third-order valence-electron chi connectivity index (χ3n) is 4.58. The quantitative estimate of drug-likeness (QED) is 0.553. The lowest BCUT2D eigenvalue weighted by Crippen LogP contribution is -2.31. The molecule has 150 valence electrons. The van der Waals surface area contributed by atoms with Crippen LogP contribution in [0.15, 0.2) is 18.2 Å². The molecule has 8 heteroatoms. The zero-order valence-corrected chi connectivity index (χ0v) is 15.7. The number of aromatic nitrogens is 2. The molecule has 0 atom stereocenters. The fraction of sp³-hybridized carbons (Fsp3) is 0.632. The predicted octanol–water partition coefficient (Wildman–Crippen LogP) is 2.19. The van der Waals surface area contributed by atoms with E-state index in [0.29, 0.717) is 12.2 Å². The minimum atomic E-state index is -1.26. The third kappa shape index (κ3) is 8.25. The topological polar surface area (TPSA) is 105 Å². The molecule has 0 aliphatic carbocycles. The highest BCUT2D eigenvalue weighted by Gasteiger charge is 2.13. The van der Waals surface area contributed by atoms with Gasteiger partial charge >= 0.3 is 11.9 Å². The monoisotopic (exact) mass is 379 g/mol. The van der Waals surface area contributed by atoms with Crippen LogP contribution in [0.5, 0.6) is 5.88 Å². The second kappa shape index (κ2) is 11.4. The van der Waals surface area contributed by atoms with Gasteiger partial charge in [-0.2, -0.15) is 0 Å².